The highest BCUT2D eigenvalue weighted by molar-refractivity contribution is 5.67. The molecule has 0 bridgehead atoms. The van der Waals surface area contributed by atoms with Gasteiger partial charge in [-0.15, -0.1) is 0 Å². The summed E-state index contributed by atoms with van der Waals surface area (Å²) < 4.78 is 0. The van der Waals surface area contributed by atoms with Gasteiger partial charge in [-0.3, -0.25) is 0 Å². The molecule has 0 N–H and O–H groups in total. The van der Waals surface area contributed by atoms with Crippen LogP contribution < -0.4 is 0 Å². The van der Waals surface area contributed by atoms with Gasteiger partial charge >= 0.3 is 0 Å². The summed E-state index contributed by atoms with van der Waals surface area (Å²) in [6.45, 7) is 9.20. The van der Waals surface area contributed by atoms with E-state index in [1.807, 2.05) is 0 Å². The first kappa shape index (κ1) is 17.3. The second-order valence-corrected chi connectivity index (χ2v) is 8.43. The zero-order valence-electron chi connectivity index (χ0n) is 16.6. The van der Waals surface area contributed by atoms with Gasteiger partial charge in [0.2, 0.25) is 0 Å². The molecule has 134 valence electrons. The fraction of sp³-hybridized carbons (Fsp3) is 0.385. The van der Waals surface area contributed by atoms with E-state index in [0.29, 0.717) is 11.8 Å². The predicted molar refractivity (Wildman–Crippen MR) is 114 cm³/mol. The average Bonchev–Trinajstić information content (AvgIpc) is 3.28. The highest BCUT2D eigenvalue weighted by Gasteiger charge is 2.18. The van der Waals surface area contributed by atoms with Gasteiger partial charge in [-0.05, 0) is 82.0 Å². The Kier molecular flexibility index (Phi) is 4.61. The molecular formula is C26H30. The first-order valence-corrected chi connectivity index (χ1v) is 10.2. The molecular weight excluding hydrogens is 312 g/mol. The molecule has 0 radical (unpaired) electrons. The number of fused-ring (bicyclic) bond motifs is 2. The highest BCUT2D eigenvalue weighted by Crippen LogP contribution is 2.34. The molecule has 0 saturated heterocycles. The molecule has 0 atom stereocenters. The summed E-state index contributed by atoms with van der Waals surface area (Å²) in [5.41, 5.74) is 12.2. The Hall–Kier alpha value is -2.08. The summed E-state index contributed by atoms with van der Waals surface area (Å²) in [6.07, 6.45) is 13.9. The van der Waals surface area contributed by atoms with E-state index in [-0.39, 0.29) is 0 Å². The predicted octanol–water partition coefficient (Wildman–Crippen LogP) is 6.86. The third-order valence-electron chi connectivity index (χ3n) is 6.10. The molecule has 2 aliphatic rings. The zero-order valence-corrected chi connectivity index (χ0v) is 16.6. The Morgan fingerprint density at radius 1 is 0.654 bits per heavy atom. The van der Waals surface area contributed by atoms with E-state index >= 15 is 0 Å². The van der Waals surface area contributed by atoms with Crippen molar-refractivity contribution in [2.24, 2.45) is 0 Å². The van der Waals surface area contributed by atoms with Gasteiger partial charge in [-0.25, -0.2) is 0 Å². The third kappa shape index (κ3) is 2.96. The van der Waals surface area contributed by atoms with E-state index in [4.69, 9.17) is 0 Å². The minimum atomic E-state index is 0.596. The monoisotopic (exact) mass is 342 g/mol. The van der Waals surface area contributed by atoms with E-state index in [9.17, 15) is 0 Å². The van der Waals surface area contributed by atoms with E-state index < -0.39 is 0 Å². The van der Waals surface area contributed by atoms with Gasteiger partial charge in [-0.1, -0.05) is 76.3 Å². The maximum absolute atomic E-state index is 2.39. The topological polar surface area (TPSA) is 0 Å². The first-order valence-electron chi connectivity index (χ1n) is 10.2. The van der Waals surface area contributed by atoms with Crippen LogP contribution in [0.4, 0.5) is 0 Å². The molecule has 26 heavy (non-hydrogen) atoms. The fourth-order valence-corrected chi connectivity index (χ4v) is 4.67. The van der Waals surface area contributed by atoms with Gasteiger partial charge in [0.1, 0.15) is 0 Å². The largest absolute Gasteiger partial charge is 0.0795 e. The third-order valence-corrected chi connectivity index (χ3v) is 6.10. The smallest absolute Gasteiger partial charge is 0.00853 e. The Labute approximate surface area is 158 Å². The number of allylic oxidation sites excluding steroid dienone is 2. The van der Waals surface area contributed by atoms with Gasteiger partial charge in [0.05, 0.1) is 0 Å². The standard InChI is InChI=1S/C26H30/c1-17(2)21-15-13-19(23-7-5-9-25(21)23)11-12-20-14-16-22(18(3)4)26-10-6-8-24(20)26/h5-6,9-10,13-18H,7-8,11-12H2,1-4H3. The highest BCUT2D eigenvalue weighted by atomic mass is 14.2. The minimum Gasteiger partial charge on any atom is -0.0795 e. The van der Waals surface area contributed by atoms with Crippen molar-refractivity contribution in [1.29, 1.82) is 0 Å². The molecule has 2 aliphatic carbocycles. The summed E-state index contributed by atoms with van der Waals surface area (Å²) in [5, 5.41) is 0. The van der Waals surface area contributed by atoms with Crippen LogP contribution in [0.15, 0.2) is 36.4 Å². The van der Waals surface area contributed by atoms with Crippen LogP contribution in [0.3, 0.4) is 0 Å². The lowest BCUT2D eigenvalue weighted by Gasteiger charge is -2.17. The van der Waals surface area contributed by atoms with Crippen LogP contribution in [-0.4, -0.2) is 0 Å². The van der Waals surface area contributed by atoms with Crippen molar-refractivity contribution in [3.05, 3.63) is 80.9 Å². The van der Waals surface area contributed by atoms with Crippen molar-refractivity contribution in [3.63, 3.8) is 0 Å². The van der Waals surface area contributed by atoms with E-state index in [2.05, 4.69) is 76.3 Å². The van der Waals surface area contributed by atoms with E-state index in [1.54, 1.807) is 22.3 Å². The zero-order chi connectivity index (χ0) is 18.3. The summed E-state index contributed by atoms with van der Waals surface area (Å²) in [7, 11) is 0. The Bertz CT molecular complexity index is 815. The summed E-state index contributed by atoms with van der Waals surface area (Å²) in [6, 6.07) is 9.51. The molecule has 2 aromatic rings. The Morgan fingerprint density at radius 3 is 1.46 bits per heavy atom. The lowest BCUT2D eigenvalue weighted by molar-refractivity contribution is 0.849. The molecule has 0 aromatic heterocycles. The van der Waals surface area contributed by atoms with Crippen LogP contribution in [-0.2, 0) is 25.7 Å². The molecule has 0 nitrogen and oxygen atoms in total. The SMILES string of the molecule is CC(C)c1ccc(CCc2ccc(C(C)C)c3c2CC=C3)c2c1C=CC2. The minimum absolute atomic E-state index is 0.596. The molecule has 0 unspecified atom stereocenters. The number of hydrogen-bond acceptors (Lipinski definition) is 0. The summed E-state index contributed by atoms with van der Waals surface area (Å²) >= 11 is 0. The van der Waals surface area contributed by atoms with E-state index in [0.717, 1.165) is 25.7 Å². The van der Waals surface area contributed by atoms with Crippen molar-refractivity contribution in [3.8, 4) is 0 Å². The second-order valence-electron chi connectivity index (χ2n) is 8.43. The quantitative estimate of drug-likeness (QED) is 0.557. The maximum Gasteiger partial charge on any atom is -0.00853 e. The Balaban J connectivity index is 1.60. The van der Waals surface area contributed by atoms with Gasteiger partial charge < -0.3 is 0 Å². The van der Waals surface area contributed by atoms with Crippen LogP contribution in [0.1, 0.15) is 84.0 Å². The summed E-state index contributed by atoms with van der Waals surface area (Å²) in [5.74, 6) is 1.19. The average molecular weight is 343 g/mol. The molecule has 2 aromatic carbocycles. The molecule has 0 aliphatic heterocycles. The van der Waals surface area contributed by atoms with Crippen molar-refractivity contribution in [2.45, 2.75) is 65.2 Å². The lowest BCUT2D eigenvalue weighted by Crippen LogP contribution is -2.04. The normalized spacial score (nSPS) is 14.5. The van der Waals surface area contributed by atoms with Crippen LogP contribution in [0, 0.1) is 0 Å². The molecule has 0 heterocycles. The van der Waals surface area contributed by atoms with Crippen molar-refractivity contribution in [2.75, 3.05) is 0 Å². The van der Waals surface area contributed by atoms with Crippen molar-refractivity contribution in [1.82, 2.24) is 0 Å². The van der Waals surface area contributed by atoms with Crippen LogP contribution >= 0.6 is 0 Å². The van der Waals surface area contributed by atoms with Crippen molar-refractivity contribution < 1.29 is 0 Å². The lowest BCUT2D eigenvalue weighted by atomic mass is 9.87. The number of rotatable bonds is 5. The number of benzene rings is 2. The summed E-state index contributed by atoms with van der Waals surface area (Å²) in [4.78, 5) is 0. The molecule has 0 heteroatoms. The molecule has 0 saturated carbocycles. The fourth-order valence-electron chi connectivity index (χ4n) is 4.67. The number of aryl methyl sites for hydroxylation is 2. The van der Waals surface area contributed by atoms with Crippen LogP contribution in [0.25, 0.3) is 12.2 Å². The number of hydrogen-bond donors (Lipinski definition) is 0. The molecule has 4 rings (SSSR count). The van der Waals surface area contributed by atoms with Gasteiger partial charge in [0.15, 0.2) is 0 Å². The van der Waals surface area contributed by atoms with Crippen LogP contribution in [0.2, 0.25) is 0 Å². The molecule has 0 spiro atoms. The van der Waals surface area contributed by atoms with Gasteiger partial charge in [0, 0.05) is 0 Å². The Morgan fingerprint density at radius 2 is 1.08 bits per heavy atom. The van der Waals surface area contributed by atoms with Crippen LogP contribution in [0.5, 0.6) is 0 Å². The van der Waals surface area contributed by atoms with Gasteiger partial charge in [-0.2, -0.15) is 0 Å². The van der Waals surface area contributed by atoms with E-state index in [1.165, 1.54) is 22.3 Å². The second kappa shape index (κ2) is 6.91. The van der Waals surface area contributed by atoms with Gasteiger partial charge in [0.25, 0.3) is 0 Å². The molecule has 0 fully saturated rings. The maximum atomic E-state index is 2.39. The van der Waals surface area contributed by atoms with Crippen molar-refractivity contribution >= 4 is 12.2 Å². The molecule has 0 amide bonds. The first-order chi connectivity index (χ1) is 12.6.